The van der Waals surface area contributed by atoms with Crippen molar-refractivity contribution in [1.29, 1.82) is 0 Å². The fourth-order valence-corrected chi connectivity index (χ4v) is 1.93. The van der Waals surface area contributed by atoms with Crippen molar-refractivity contribution in [3.63, 3.8) is 0 Å². The number of unbranched alkanes of at least 4 members (excludes halogenated alkanes) is 9. The molecule has 0 heterocycles. The largest absolute Gasteiger partial charge is 0.0885 e. The number of hydrogen-bond acceptors (Lipinski definition) is 0. The van der Waals surface area contributed by atoms with E-state index in [1.54, 1.807) is 0 Å². The summed E-state index contributed by atoms with van der Waals surface area (Å²) < 4.78 is 0. The van der Waals surface area contributed by atoms with E-state index >= 15 is 0 Å². The molecule has 0 saturated carbocycles. The Balaban J connectivity index is 3.03. The van der Waals surface area contributed by atoms with Crippen molar-refractivity contribution in [3.8, 4) is 0 Å². The highest BCUT2D eigenvalue weighted by Gasteiger charge is 1.89. The number of rotatable bonds is 12. The second-order valence-corrected chi connectivity index (χ2v) is 4.78. The van der Waals surface area contributed by atoms with Gasteiger partial charge in [0.25, 0.3) is 0 Å². The molecule has 0 aromatic carbocycles. The van der Waals surface area contributed by atoms with Gasteiger partial charge >= 0.3 is 0 Å². The SMILES string of the molecule is [CH2]/C=C/CCC/C=C/CCCCCCCCC. The Morgan fingerprint density at radius 2 is 1.18 bits per heavy atom. The predicted octanol–water partition coefficient (Wildman–Crippen LogP) is 6.24. The van der Waals surface area contributed by atoms with Crippen LogP contribution >= 0.6 is 0 Å². The van der Waals surface area contributed by atoms with Gasteiger partial charge in [-0.15, -0.1) is 0 Å². The molecule has 0 saturated heterocycles. The highest BCUT2D eigenvalue weighted by molar-refractivity contribution is 4.86. The molecule has 0 spiro atoms. The van der Waals surface area contributed by atoms with Gasteiger partial charge in [-0.3, -0.25) is 0 Å². The average Bonchev–Trinajstić information content (AvgIpc) is 2.35. The average molecular weight is 235 g/mol. The Morgan fingerprint density at radius 1 is 0.647 bits per heavy atom. The quantitative estimate of drug-likeness (QED) is 0.277. The molecule has 0 amide bonds. The molecule has 0 rings (SSSR count). The summed E-state index contributed by atoms with van der Waals surface area (Å²) in [7, 11) is 0. The van der Waals surface area contributed by atoms with Crippen LogP contribution in [0.25, 0.3) is 0 Å². The molecule has 0 atom stereocenters. The third-order valence-electron chi connectivity index (χ3n) is 3.05. The van der Waals surface area contributed by atoms with Crippen molar-refractivity contribution in [2.45, 2.75) is 77.6 Å². The minimum atomic E-state index is 1.17. The topological polar surface area (TPSA) is 0 Å². The smallest absolute Gasteiger partial charge is 0.0316 e. The molecule has 0 fully saturated rings. The van der Waals surface area contributed by atoms with Crippen molar-refractivity contribution in [3.05, 3.63) is 31.2 Å². The van der Waals surface area contributed by atoms with Crippen molar-refractivity contribution in [1.82, 2.24) is 0 Å². The second-order valence-electron chi connectivity index (χ2n) is 4.78. The van der Waals surface area contributed by atoms with E-state index in [0.29, 0.717) is 0 Å². The van der Waals surface area contributed by atoms with Crippen LogP contribution in [0, 0.1) is 6.92 Å². The fourth-order valence-electron chi connectivity index (χ4n) is 1.93. The first-order valence-corrected chi connectivity index (χ1v) is 7.51. The lowest BCUT2D eigenvalue weighted by atomic mass is 10.1. The number of allylic oxidation sites excluding steroid dienone is 4. The molecular formula is C17H31. The molecular weight excluding hydrogens is 204 g/mol. The third kappa shape index (κ3) is 15.5. The zero-order chi connectivity index (χ0) is 12.6. The fraction of sp³-hybridized carbons (Fsp3) is 0.706. The van der Waals surface area contributed by atoms with E-state index in [-0.39, 0.29) is 0 Å². The summed E-state index contributed by atoms with van der Waals surface area (Å²) in [5.41, 5.74) is 0. The maximum atomic E-state index is 3.68. The van der Waals surface area contributed by atoms with Crippen LogP contribution in [0.15, 0.2) is 24.3 Å². The molecule has 0 aliphatic carbocycles. The van der Waals surface area contributed by atoms with E-state index in [0.717, 1.165) is 0 Å². The summed E-state index contributed by atoms with van der Waals surface area (Å²) in [4.78, 5) is 0. The predicted molar refractivity (Wildman–Crippen MR) is 80.1 cm³/mol. The van der Waals surface area contributed by atoms with Gasteiger partial charge in [0, 0.05) is 0 Å². The molecule has 17 heavy (non-hydrogen) atoms. The second kappa shape index (κ2) is 15.5. The minimum Gasteiger partial charge on any atom is -0.0885 e. The first-order chi connectivity index (χ1) is 8.41. The van der Waals surface area contributed by atoms with E-state index < -0.39 is 0 Å². The Labute approximate surface area is 109 Å². The highest BCUT2D eigenvalue weighted by Crippen LogP contribution is 2.09. The van der Waals surface area contributed by atoms with E-state index in [1.165, 1.54) is 70.6 Å². The van der Waals surface area contributed by atoms with E-state index in [1.807, 2.05) is 6.08 Å². The van der Waals surface area contributed by atoms with E-state index in [2.05, 4.69) is 32.1 Å². The third-order valence-corrected chi connectivity index (χ3v) is 3.05. The molecule has 1 radical (unpaired) electrons. The van der Waals surface area contributed by atoms with Crippen LogP contribution in [0.2, 0.25) is 0 Å². The summed E-state index contributed by atoms with van der Waals surface area (Å²) in [6.07, 6.45) is 23.5. The van der Waals surface area contributed by atoms with Crippen molar-refractivity contribution in [2.75, 3.05) is 0 Å². The molecule has 0 aromatic rings. The van der Waals surface area contributed by atoms with E-state index in [4.69, 9.17) is 0 Å². The maximum Gasteiger partial charge on any atom is -0.0316 e. The molecule has 0 nitrogen and oxygen atoms in total. The lowest BCUT2D eigenvalue weighted by molar-refractivity contribution is 0.592. The molecule has 0 aliphatic rings. The van der Waals surface area contributed by atoms with Crippen molar-refractivity contribution >= 4 is 0 Å². The highest BCUT2D eigenvalue weighted by atomic mass is 14.0. The van der Waals surface area contributed by atoms with Gasteiger partial charge in [-0.25, -0.2) is 0 Å². The zero-order valence-corrected chi connectivity index (χ0v) is 11.8. The molecule has 0 heteroatoms. The lowest BCUT2D eigenvalue weighted by Gasteiger charge is -1.98. The van der Waals surface area contributed by atoms with Gasteiger partial charge in [0.2, 0.25) is 0 Å². The first-order valence-electron chi connectivity index (χ1n) is 7.51. The van der Waals surface area contributed by atoms with Crippen LogP contribution in [0.1, 0.15) is 77.6 Å². The Morgan fingerprint density at radius 3 is 1.82 bits per heavy atom. The summed E-state index contributed by atoms with van der Waals surface area (Å²) in [5.74, 6) is 0. The minimum absolute atomic E-state index is 1.17. The maximum absolute atomic E-state index is 3.68. The zero-order valence-electron chi connectivity index (χ0n) is 11.8. The number of hydrogen-bond donors (Lipinski definition) is 0. The summed E-state index contributed by atoms with van der Waals surface area (Å²) in [6, 6.07) is 0. The van der Waals surface area contributed by atoms with Gasteiger partial charge in [-0.2, -0.15) is 0 Å². The lowest BCUT2D eigenvalue weighted by Crippen LogP contribution is -1.79. The first kappa shape index (κ1) is 16.5. The summed E-state index contributed by atoms with van der Waals surface area (Å²) >= 11 is 0. The Hall–Kier alpha value is -0.520. The monoisotopic (exact) mass is 235 g/mol. The standard InChI is InChI=1S/C17H31/c1-3-5-7-9-11-13-15-17-16-14-12-10-8-6-4-2/h3,5,13,15H,1,4,6-12,14,16-17H2,2H3/b5-3+,15-13+. The van der Waals surface area contributed by atoms with Crippen LogP contribution in [-0.4, -0.2) is 0 Å². The van der Waals surface area contributed by atoms with Crippen LogP contribution in [-0.2, 0) is 0 Å². The molecule has 0 aliphatic heterocycles. The van der Waals surface area contributed by atoms with Crippen molar-refractivity contribution in [2.24, 2.45) is 0 Å². The van der Waals surface area contributed by atoms with Crippen LogP contribution < -0.4 is 0 Å². The summed E-state index contributed by atoms with van der Waals surface area (Å²) in [6.45, 7) is 5.96. The Kier molecular flexibility index (Phi) is 15.0. The Bertz CT molecular complexity index is 176. The van der Waals surface area contributed by atoms with Gasteiger partial charge in [-0.05, 0) is 39.0 Å². The van der Waals surface area contributed by atoms with Gasteiger partial charge in [0.15, 0.2) is 0 Å². The van der Waals surface area contributed by atoms with Crippen LogP contribution in [0.4, 0.5) is 0 Å². The van der Waals surface area contributed by atoms with E-state index in [9.17, 15) is 0 Å². The normalized spacial score (nSPS) is 11.9. The molecule has 99 valence electrons. The van der Waals surface area contributed by atoms with Crippen LogP contribution in [0.3, 0.4) is 0 Å². The van der Waals surface area contributed by atoms with Gasteiger partial charge < -0.3 is 0 Å². The molecule has 0 N–H and O–H groups in total. The van der Waals surface area contributed by atoms with Gasteiger partial charge in [0.1, 0.15) is 0 Å². The van der Waals surface area contributed by atoms with Gasteiger partial charge in [-0.1, -0.05) is 69.8 Å². The van der Waals surface area contributed by atoms with Crippen LogP contribution in [0.5, 0.6) is 0 Å². The van der Waals surface area contributed by atoms with Gasteiger partial charge in [0.05, 0.1) is 0 Å². The summed E-state index contributed by atoms with van der Waals surface area (Å²) in [5, 5.41) is 0. The van der Waals surface area contributed by atoms with Crippen molar-refractivity contribution < 1.29 is 0 Å². The molecule has 0 bridgehead atoms. The molecule has 0 unspecified atom stereocenters. The molecule has 0 aromatic heterocycles.